The standard InChI is InChI=1S/C12H21N3S/c1-3-4-11-9-16-12(14-11)8-15-6-5-13-7-10(15)2/h9-10,13H,3-8H2,1-2H3/t10-/m0/s1. The SMILES string of the molecule is CCCc1csc(CN2CCNC[C@@H]2C)n1. The minimum Gasteiger partial charge on any atom is -0.314 e. The Hall–Kier alpha value is -0.450. The van der Waals surface area contributed by atoms with Crippen LogP contribution in [0.4, 0.5) is 0 Å². The molecule has 2 heterocycles. The first-order chi connectivity index (χ1) is 7.79. The van der Waals surface area contributed by atoms with Crippen LogP contribution in [0.5, 0.6) is 0 Å². The molecule has 0 radical (unpaired) electrons. The van der Waals surface area contributed by atoms with Gasteiger partial charge in [-0.05, 0) is 13.3 Å². The predicted octanol–water partition coefficient (Wildman–Crippen LogP) is 1.89. The normalized spacial score (nSPS) is 22.5. The third-order valence-corrected chi connectivity index (χ3v) is 3.97. The van der Waals surface area contributed by atoms with Crippen molar-refractivity contribution in [1.82, 2.24) is 15.2 Å². The van der Waals surface area contributed by atoms with Crippen molar-refractivity contribution in [2.45, 2.75) is 39.3 Å². The molecule has 1 atom stereocenters. The molecule has 4 heteroatoms. The topological polar surface area (TPSA) is 28.2 Å². The summed E-state index contributed by atoms with van der Waals surface area (Å²) in [4.78, 5) is 7.20. The van der Waals surface area contributed by atoms with E-state index in [1.807, 2.05) is 11.3 Å². The van der Waals surface area contributed by atoms with Crippen molar-refractivity contribution in [3.8, 4) is 0 Å². The predicted molar refractivity (Wildman–Crippen MR) is 68.9 cm³/mol. The largest absolute Gasteiger partial charge is 0.314 e. The van der Waals surface area contributed by atoms with Gasteiger partial charge in [0.15, 0.2) is 0 Å². The third-order valence-electron chi connectivity index (χ3n) is 3.08. The monoisotopic (exact) mass is 239 g/mol. The fourth-order valence-corrected chi connectivity index (χ4v) is 2.94. The number of rotatable bonds is 4. The molecular weight excluding hydrogens is 218 g/mol. The van der Waals surface area contributed by atoms with Crippen LogP contribution in [0.1, 0.15) is 31.0 Å². The number of hydrogen-bond donors (Lipinski definition) is 1. The average Bonchev–Trinajstić information content (AvgIpc) is 2.70. The number of aryl methyl sites for hydroxylation is 1. The zero-order valence-corrected chi connectivity index (χ0v) is 11.0. The van der Waals surface area contributed by atoms with Crippen molar-refractivity contribution in [2.75, 3.05) is 19.6 Å². The highest BCUT2D eigenvalue weighted by Gasteiger charge is 2.18. The number of hydrogen-bond acceptors (Lipinski definition) is 4. The van der Waals surface area contributed by atoms with Gasteiger partial charge in [0, 0.05) is 31.1 Å². The van der Waals surface area contributed by atoms with Crippen LogP contribution in [0, 0.1) is 0 Å². The summed E-state index contributed by atoms with van der Waals surface area (Å²) in [5.41, 5.74) is 1.27. The molecular formula is C12H21N3S. The summed E-state index contributed by atoms with van der Waals surface area (Å²) in [6, 6.07) is 0.632. The Bertz CT molecular complexity index is 324. The molecule has 0 saturated carbocycles. The third kappa shape index (κ3) is 3.03. The van der Waals surface area contributed by atoms with Gasteiger partial charge >= 0.3 is 0 Å². The smallest absolute Gasteiger partial charge is 0.107 e. The van der Waals surface area contributed by atoms with E-state index in [4.69, 9.17) is 0 Å². The lowest BCUT2D eigenvalue weighted by Crippen LogP contribution is -2.49. The summed E-state index contributed by atoms with van der Waals surface area (Å²) in [6.07, 6.45) is 2.31. The Labute approximate surface area is 102 Å². The Morgan fingerprint density at radius 1 is 1.62 bits per heavy atom. The molecule has 1 aromatic heterocycles. The number of nitrogens with zero attached hydrogens (tertiary/aromatic N) is 2. The maximum Gasteiger partial charge on any atom is 0.107 e. The molecule has 2 rings (SSSR count). The van der Waals surface area contributed by atoms with Crippen LogP contribution in [0.15, 0.2) is 5.38 Å². The highest BCUT2D eigenvalue weighted by molar-refractivity contribution is 7.09. The van der Waals surface area contributed by atoms with E-state index in [0.29, 0.717) is 6.04 Å². The Morgan fingerprint density at radius 3 is 3.25 bits per heavy atom. The number of piperazine rings is 1. The van der Waals surface area contributed by atoms with Crippen LogP contribution in [0.25, 0.3) is 0 Å². The minimum atomic E-state index is 0.632. The van der Waals surface area contributed by atoms with Crippen molar-refractivity contribution in [2.24, 2.45) is 0 Å². The van der Waals surface area contributed by atoms with Gasteiger partial charge in [-0.1, -0.05) is 13.3 Å². The van der Waals surface area contributed by atoms with Crippen LogP contribution < -0.4 is 5.32 Å². The Kier molecular flexibility index (Phi) is 4.32. The summed E-state index contributed by atoms with van der Waals surface area (Å²) < 4.78 is 0. The quantitative estimate of drug-likeness (QED) is 0.869. The van der Waals surface area contributed by atoms with Crippen molar-refractivity contribution in [3.63, 3.8) is 0 Å². The van der Waals surface area contributed by atoms with Gasteiger partial charge in [0.25, 0.3) is 0 Å². The molecule has 1 saturated heterocycles. The summed E-state index contributed by atoms with van der Waals surface area (Å²) >= 11 is 1.81. The van der Waals surface area contributed by atoms with E-state index in [1.165, 1.54) is 17.1 Å². The Morgan fingerprint density at radius 2 is 2.50 bits per heavy atom. The van der Waals surface area contributed by atoms with Crippen LogP contribution >= 0.6 is 11.3 Å². The van der Waals surface area contributed by atoms with Crippen LogP contribution in [-0.2, 0) is 13.0 Å². The second-order valence-electron chi connectivity index (χ2n) is 4.51. The fourth-order valence-electron chi connectivity index (χ4n) is 2.08. The van der Waals surface area contributed by atoms with E-state index in [-0.39, 0.29) is 0 Å². The first-order valence-electron chi connectivity index (χ1n) is 6.17. The summed E-state index contributed by atoms with van der Waals surface area (Å²) in [5.74, 6) is 0. The van der Waals surface area contributed by atoms with Gasteiger partial charge < -0.3 is 5.32 Å². The van der Waals surface area contributed by atoms with E-state index < -0.39 is 0 Å². The van der Waals surface area contributed by atoms with E-state index >= 15 is 0 Å². The summed E-state index contributed by atoms with van der Waals surface area (Å²) in [5, 5.41) is 6.91. The first-order valence-corrected chi connectivity index (χ1v) is 7.05. The maximum absolute atomic E-state index is 4.68. The maximum atomic E-state index is 4.68. The van der Waals surface area contributed by atoms with E-state index in [2.05, 4.69) is 34.4 Å². The lowest BCUT2D eigenvalue weighted by atomic mass is 10.2. The molecule has 0 amide bonds. The molecule has 0 bridgehead atoms. The average molecular weight is 239 g/mol. The lowest BCUT2D eigenvalue weighted by molar-refractivity contribution is 0.165. The number of thiazole rings is 1. The molecule has 90 valence electrons. The fraction of sp³-hybridized carbons (Fsp3) is 0.750. The molecule has 1 fully saturated rings. The van der Waals surface area contributed by atoms with Crippen LogP contribution in [0.2, 0.25) is 0 Å². The zero-order valence-electron chi connectivity index (χ0n) is 10.2. The van der Waals surface area contributed by atoms with Crippen molar-refractivity contribution < 1.29 is 0 Å². The molecule has 0 aromatic carbocycles. The highest BCUT2D eigenvalue weighted by Crippen LogP contribution is 2.15. The van der Waals surface area contributed by atoms with Gasteiger partial charge in [-0.3, -0.25) is 4.90 Å². The van der Waals surface area contributed by atoms with Crippen molar-refractivity contribution in [3.05, 3.63) is 16.1 Å². The number of aromatic nitrogens is 1. The molecule has 1 aliphatic rings. The Balaban J connectivity index is 1.91. The van der Waals surface area contributed by atoms with Gasteiger partial charge in [0.1, 0.15) is 5.01 Å². The van der Waals surface area contributed by atoms with Gasteiger partial charge in [0.05, 0.1) is 12.2 Å². The molecule has 1 aliphatic heterocycles. The highest BCUT2D eigenvalue weighted by atomic mass is 32.1. The van der Waals surface area contributed by atoms with Crippen molar-refractivity contribution in [1.29, 1.82) is 0 Å². The molecule has 1 aromatic rings. The number of nitrogens with one attached hydrogen (secondary N) is 1. The summed E-state index contributed by atoms with van der Waals surface area (Å²) in [7, 11) is 0. The van der Waals surface area contributed by atoms with Gasteiger partial charge in [0.2, 0.25) is 0 Å². The molecule has 0 aliphatic carbocycles. The summed E-state index contributed by atoms with van der Waals surface area (Å²) in [6.45, 7) is 8.87. The van der Waals surface area contributed by atoms with Crippen LogP contribution in [0.3, 0.4) is 0 Å². The molecule has 0 spiro atoms. The van der Waals surface area contributed by atoms with E-state index in [1.54, 1.807) is 0 Å². The molecule has 1 N–H and O–H groups in total. The van der Waals surface area contributed by atoms with E-state index in [9.17, 15) is 0 Å². The van der Waals surface area contributed by atoms with Gasteiger partial charge in [-0.25, -0.2) is 4.98 Å². The first kappa shape index (κ1) is 12.0. The second kappa shape index (κ2) is 5.75. The van der Waals surface area contributed by atoms with Gasteiger partial charge in [-0.15, -0.1) is 11.3 Å². The van der Waals surface area contributed by atoms with Crippen molar-refractivity contribution >= 4 is 11.3 Å². The van der Waals surface area contributed by atoms with Gasteiger partial charge in [-0.2, -0.15) is 0 Å². The zero-order chi connectivity index (χ0) is 11.4. The molecule has 3 nitrogen and oxygen atoms in total. The second-order valence-corrected chi connectivity index (χ2v) is 5.45. The lowest BCUT2D eigenvalue weighted by Gasteiger charge is -2.33. The van der Waals surface area contributed by atoms with E-state index in [0.717, 1.165) is 32.6 Å². The van der Waals surface area contributed by atoms with Crippen LogP contribution in [-0.4, -0.2) is 35.6 Å². The molecule has 0 unspecified atom stereocenters. The minimum absolute atomic E-state index is 0.632. The molecule has 16 heavy (non-hydrogen) atoms.